The number of ether oxygens (including phenoxy) is 3. The van der Waals surface area contributed by atoms with E-state index in [1.807, 2.05) is 38.1 Å². The molecule has 3 fully saturated rings. The fourth-order valence-electron chi connectivity index (χ4n) is 7.71. The second-order valence-electron chi connectivity index (χ2n) is 13.2. The van der Waals surface area contributed by atoms with Gasteiger partial charge < -0.3 is 24.0 Å². The summed E-state index contributed by atoms with van der Waals surface area (Å²) in [4.78, 5) is 21.2. The lowest BCUT2D eigenvalue weighted by Gasteiger charge is -2.43. The molecule has 0 spiro atoms. The summed E-state index contributed by atoms with van der Waals surface area (Å²) in [5.74, 6) is 2.99. The van der Waals surface area contributed by atoms with Crippen molar-refractivity contribution < 1.29 is 19.0 Å². The number of nitrogens with zero attached hydrogens (tertiary/aromatic N) is 3. The van der Waals surface area contributed by atoms with E-state index in [-0.39, 0.29) is 17.4 Å². The maximum absolute atomic E-state index is 13.6. The molecule has 2 aliphatic carbocycles. The lowest BCUT2D eigenvalue weighted by atomic mass is 9.69. The molecule has 0 bridgehead atoms. The molecule has 7 nitrogen and oxygen atoms in total. The van der Waals surface area contributed by atoms with E-state index >= 15 is 0 Å². The maximum Gasteiger partial charge on any atom is 0.227 e. The van der Waals surface area contributed by atoms with E-state index in [2.05, 4.69) is 26.9 Å². The number of carbonyl (C=O) groups is 1. The molecule has 2 aliphatic heterocycles. The van der Waals surface area contributed by atoms with Crippen LogP contribution in [-0.4, -0.2) is 92.8 Å². The van der Waals surface area contributed by atoms with Gasteiger partial charge in [0, 0.05) is 45.3 Å². The first-order chi connectivity index (χ1) is 20.4. The van der Waals surface area contributed by atoms with Gasteiger partial charge in [0.2, 0.25) is 5.91 Å². The van der Waals surface area contributed by atoms with Gasteiger partial charge >= 0.3 is 0 Å². The molecule has 0 aromatic heterocycles. The van der Waals surface area contributed by atoms with Gasteiger partial charge in [0.15, 0.2) is 11.5 Å². The highest BCUT2D eigenvalue weighted by molar-refractivity contribution is 5.79. The van der Waals surface area contributed by atoms with Crippen LogP contribution >= 0.6 is 0 Å². The van der Waals surface area contributed by atoms with Gasteiger partial charge in [0.05, 0.1) is 26.7 Å². The first-order valence-electron chi connectivity index (χ1n) is 16.4. The number of hydrogen-bond donors (Lipinski definition) is 0. The van der Waals surface area contributed by atoms with Crippen LogP contribution in [-0.2, 0) is 20.7 Å². The summed E-state index contributed by atoms with van der Waals surface area (Å²) >= 11 is 0. The van der Waals surface area contributed by atoms with Gasteiger partial charge in [-0.05, 0) is 93.7 Å². The molecule has 1 amide bonds. The van der Waals surface area contributed by atoms with Crippen molar-refractivity contribution in [3.63, 3.8) is 0 Å². The van der Waals surface area contributed by atoms with Crippen LogP contribution in [0.15, 0.2) is 47.9 Å². The average Bonchev–Trinajstić information content (AvgIpc) is 3.46. The quantitative estimate of drug-likeness (QED) is 0.338. The summed E-state index contributed by atoms with van der Waals surface area (Å²) in [5.41, 5.74) is 1.04. The van der Waals surface area contributed by atoms with Gasteiger partial charge in [-0.2, -0.15) is 0 Å². The number of benzene rings is 1. The van der Waals surface area contributed by atoms with E-state index < -0.39 is 0 Å². The van der Waals surface area contributed by atoms with E-state index in [0.29, 0.717) is 12.3 Å². The lowest BCUT2D eigenvalue weighted by molar-refractivity contribution is -0.130. The van der Waals surface area contributed by atoms with Gasteiger partial charge in [0.1, 0.15) is 5.75 Å². The predicted octanol–water partition coefficient (Wildman–Crippen LogP) is 5.66. The van der Waals surface area contributed by atoms with Crippen molar-refractivity contribution >= 4 is 5.91 Å². The summed E-state index contributed by atoms with van der Waals surface area (Å²) in [6, 6.07) is 8.81. The van der Waals surface area contributed by atoms with E-state index in [4.69, 9.17) is 14.2 Å². The van der Waals surface area contributed by atoms with Crippen molar-refractivity contribution in [2.45, 2.75) is 83.8 Å². The second kappa shape index (κ2) is 14.3. The molecule has 1 aromatic rings. The standard InChI is InChI=1S/C35H53N3O4/c1-27(2)42-31-12-8-9-28(23-31)24-34(39)38-18-16-35(26-38,29-13-14-32(40-3)33(25-29)41-4)15-17-36-19-21-37(22-20-36)30-10-6-5-7-11-30/h8-9,12,14,23,25,27,29-30H,5-7,10-11,13,15-22,24,26H2,1-4H3/t29-,35+/m0/s1. The third kappa shape index (κ3) is 7.52. The number of amides is 1. The van der Waals surface area contributed by atoms with Crippen LogP contribution in [0.25, 0.3) is 0 Å². The Morgan fingerprint density at radius 2 is 1.76 bits per heavy atom. The summed E-state index contributed by atoms with van der Waals surface area (Å²) < 4.78 is 17.2. The Labute approximate surface area is 253 Å². The zero-order valence-electron chi connectivity index (χ0n) is 26.5. The first-order valence-corrected chi connectivity index (χ1v) is 16.4. The molecular weight excluding hydrogens is 526 g/mol. The molecule has 2 atom stereocenters. The van der Waals surface area contributed by atoms with Crippen molar-refractivity contribution in [3.05, 3.63) is 53.5 Å². The number of likely N-dealkylation sites (tertiary alicyclic amines) is 1. The van der Waals surface area contributed by atoms with E-state index in [0.717, 1.165) is 80.9 Å². The predicted molar refractivity (Wildman–Crippen MR) is 167 cm³/mol. The molecule has 2 heterocycles. The van der Waals surface area contributed by atoms with E-state index in [9.17, 15) is 4.79 Å². The SMILES string of the molecule is COC1=CC[C@H]([C@]2(CCN3CCN(C4CCCCC4)CC3)CCN(C(=O)Cc3cccc(OC(C)C)c3)C2)C=C1OC. The Balaban J connectivity index is 1.25. The lowest BCUT2D eigenvalue weighted by Crippen LogP contribution is -2.51. The molecule has 5 rings (SSSR count). The largest absolute Gasteiger partial charge is 0.493 e. The molecule has 42 heavy (non-hydrogen) atoms. The van der Waals surface area contributed by atoms with Crippen LogP contribution in [0.2, 0.25) is 0 Å². The number of hydrogen-bond acceptors (Lipinski definition) is 6. The molecule has 0 radical (unpaired) electrons. The highest BCUT2D eigenvalue weighted by atomic mass is 16.5. The minimum atomic E-state index is 0.0261. The summed E-state index contributed by atoms with van der Waals surface area (Å²) in [6.45, 7) is 11.4. The summed E-state index contributed by atoms with van der Waals surface area (Å²) in [7, 11) is 3.43. The first kappa shape index (κ1) is 30.9. The molecule has 7 heteroatoms. The Hall–Kier alpha value is -2.51. The van der Waals surface area contributed by atoms with Crippen LogP contribution in [0.1, 0.15) is 70.8 Å². The van der Waals surface area contributed by atoms with Gasteiger partial charge in [-0.15, -0.1) is 0 Å². The van der Waals surface area contributed by atoms with Crippen LogP contribution in [0.5, 0.6) is 5.75 Å². The Kier molecular flexibility index (Phi) is 10.5. The Bertz CT molecular complexity index is 1100. The van der Waals surface area contributed by atoms with Crippen molar-refractivity contribution in [2.75, 3.05) is 60.0 Å². The third-order valence-electron chi connectivity index (χ3n) is 10.2. The monoisotopic (exact) mass is 579 g/mol. The molecule has 232 valence electrons. The van der Waals surface area contributed by atoms with Gasteiger partial charge in [-0.1, -0.05) is 31.4 Å². The highest BCUT2D eigenvalue weighted by Crippen LogP contribution is 2.46. The molecule has 4 aliphatic rings. The van der Waals surface area contributed by atoms with Crippen molar-refractivity contribution in [1.82, 2.24) is 14.7 Å². The summed E-state index contributed by atoms with van der Waals surface area (Å²) in [6.07, 6.45) is 15.0. The molecular formula is C35H53N3O4. The highest BCUT2D eigenvalue weighted by Gasteiger charge is 2.45. The number of allylic oxidation sites excluding steroid dienone is 2. The van der Waals surface area contributed by atoms with Gasteiger partial charge in [-0.25, -0.2) is 0 Å². The van der Waals surface area contributed by atoms with E-state index in [1.165, 1.54) is 45.2 Å². The fraction of sp³-hybridized carbons (Fsp3) is 0.686. The van der Waals surface area contributed by atoms with Crippen LogP contribution in [0.3, 0.4) is 0 Å². The topological polar surface area (TPSA) is 54.5 Å². The van der Waals surface area contributed by atoms with Gasteiger partial charge in [0.25, 0.3) is 0 Å². The van der Waals surface area contributed by atoms with E-state index in [1.54, 1.807) is 14.2 Å². The summed E-state index contributed by atoms with van der Waals surface area (Å²) in [5, 5.41) is 0. The minimum Gasteiger partial charge on any atom is -0.493 e. The molecule has 1 aromatic carbocycles. The molecule has 2 saturated heterocycles. The smallest absolute Gasteiger partial charge is 0.227 e. The van der Waals surface area contributed by atoms with Crippen molar-refractivity contribution in [1.29, 1.82) is 0 Å². The number of rotatable bonds is 11. The average molecular weight is 580 g/mol. The van der Waals surface area contributed by atoms with Crippen molar-refractivity contribution in [3.8, 4) is 5.75 Å². The minimum absolute atomic E-state index is 0.0261. The molecule has 0 unspecified atom stereocenters. The third-order valence-corrected chi connectivity index (χ3v) is 10.2. The number of carbonyl (C=O) groups excluding carboxylic acids is 1. The Morgan fingerprint density at radius 3 is 2.48 bits per heavy atom. The zero-order chi connectivity index (χ0) is 29.5. The maximum atomic E-state index is 13.6. The normalized spacial score (nSPS) is 26.2. The molecule has 0 N–H and O–H groups in total. The molecule has 1 saturated carbocycles. The number of piperazine rings is 1. The second-order valence-corrected chi connectivity index (χ2v) is 13.2. The zero-order valence-corrected chi connectivity index (χ0v) is 26.5. The number of methoxy groups -OCH3 is 2. The van der Waals surface area contributed by atoms with Crippen molar-refractivity contribution in [2.24, 2.45) is 11.3 Å². The van der Waals surface area contributed by atoms with Crippen LogP contribution < -0.4 is 4.74 Å². The van der Waals surface area contributed by atoms with Crippen LogP contribution in [0, 0.1) is 11.3 Å². The Morgan fingerprint density at radius 1 is 1.00 bits per heavy atom. The fourth-order valence-corrected chi connectivity index (χ4v) is 7.71. The van der Waals surface area contributed by atoms with Gasteiger partial charge in [-0.3, -0.25) is 9.69 Å². The van der Waals surface area contributed by atoms with Crippen LogP contribution in [0.4, 0.5) is 0 Å².